The first-order valence-electron chi connectivity index (χ1n) is 5.26. The second kappa shape index (κ2) is 4.94. The summed E-state index contributed by atoms with van der Waals surface area (Å²) in [6.07, 6.45) is 0.921. The van der Waals surface area contributed by atoms with Crippen LogP contribution in [0.4, 0.5) is 0 Å². The Hall–Kier alpha value is -1.35. The predicted octanol–water partition coefficient (Wildman–Crippen LogP) is 2.22. The Balaban J connectivity index is 1.92. The Morgan fingerprint density at radius 1 is 1.40 bits per heavy atom. The van der Waals surface area contributed by atoms with Gasteiger partial charge < -0.3 is 9.57 Å². The molecule has 2 rings (SSSR count). The van der Waals surface area contributed by atoms with Crippen LogP contribution in [0.2, 0.25) is 0 Å². The normalized spacial score (nSPS) is 19.8. The molecular formula is C12H15NO2. The second-order valence-corrected chi connectivity index (χ2v) is 3.50. The standard InChI is InChI=1S/C12H15NO2/c1-2-14-9-11-8-12(13-15-11)10-6-4-3-5-7-10/h3-7,11H,2,8-9H2,1H3. The molecule has 0 spiro atoms. The zero-order valence-electron chi connectivity index (χ0n) is 8.85. The number of nitrogens with zero attached hydrogens (tertiary/aromatic N) is 1. The van der Waals surface area contributed by atoms with Crippen LogP contribution in [-0.4, -0.2) is 25.0 Å². The van der Waals surface area contributed by atoms with Gasteiger partial charge in [0.15, 0.2) is 6.10 Å². The van der Waals surface area contributed by atoms with Crippen molar-refractivity contribution in [2.45, 2.75) is 19.4 Å². The summed E-state index contributed by atoms with van der Waals surface area (Å²) in [5, 5.41) is 4.08. The second-order valence-electron chi connectivity index (χ2n) is 3.50. The third-order valence-electron chi connectivity index (χ3n) is 2.35. The van der Waals surface area contributed by atoms with Crippen LogP contribution in [-0.2, 0) is 9.57 Å². The molecular weight excluding hydrogens is 190 g/mol. The smallest absolute Gasteiger partial charge is 0.156 e. The van der Waals surface area contributed by atoms with Crippen LogP contribution in [0.3, 0.4) is 0 Å². The molecule has 1 aliphatic heterocycles. The monoisotopic (exact) mass is 205 g/mol. The van der Waals surface area contributed by atoms with Gasteiger partial charge in [0.1, 0.15) is 0 Å². The van der Waals surface area contributed by atoms with Crippen LogP contribution in [0.15, 0.2) is 35.5 Å². The molecule has 0 N–H and O–H groups in total. The van der Waals surface area contributed by atoms with Gasteiger partial charge in [-0.05, 0) is 12.5 Å². The molecule has 0 radical (unpaired) electrons. The van der Waals surface area contributed by atoms with Crippen molar-refractivity contribution in [3.63, 3.8) is 0 Å². The average molecular weight is 205 g/mol. The van der Waals surface area contributed by atoms with Gasteiger partial charge in [0, 0.05) is 13.0 Å². The summed E-state index contributed by atoms with van der Waals surface area (Å²) in [5.41, 5.74) is 2.15. The number of hydrogen-bond donors (Lipinski definition) is 0. The minimum atomic E-state index is 0.0835. The highest BCUT2D eigenvalue weighted by Gasteiger charge is 2.21. The fourth-order valence-corrected chi connectivity index (χ4v) is 1.57. The minimum absolute atomic E-state index is 0.0835. The number of ether oxygens (including phenoxy) is 1. The van der Waals surface area contributed by atoms with E-state index in [0.717, 1.165) is 24.3 Å². The Labute approximate surface area is 89.7 Å². The van der Waals surface area contributed by atoms with Gasteiger partial charge in [0.2, 0.25) is 0 Å². The van der Waals surface area contributed by atoms with Gasteiger partial charge in [-0.25, -0.2) is 0 Å². The van der Waals surface area contributed by atoms with Crippen molar-refractivity contribution in [3.8, 4) is 0 Å². The molecule has 1 aromatic rings. The molecule has 15 heavy (non-hydrogen) atoms. The summed E-state index contributed by atoms with van der Waals surface area (Å²) >= 11 is 0. The lowest BCUT2D eigenvalue weighted by atomic mass is 10.1. The fourth-order valence-electron chi connectivity index (χ4n) is 1.57. The molecule has 0 aromatic heterocycles. The van der Waals surface area contributed by atoms with Crippen LogP contribution in [0, 0.1) is 0 Å². The molecule has 3 heteroatoms. The topological polar surface area (TPSA) is 30.8 Å². The third kappa shape index (κ3) is 2.57. The summed E-state index contributed by atoms with van der Waals surface area (Å²) in [6.45, 7) is 3.32. The van der Waals surface area contributed by atoms with E-state index in [1.807, 2.05) is 37.3 Å². The number of rotatable bonds is 4. The first kappa shape index (κ1) is 10.2. The van der Waals surface area contributed by atoms with Crippen molar-refractivity contribution in [1.82, 2.24) is 0 Å². The molecule has 0 aliphatic carbocycles. The molecule has 1 aromatic carbocycles. The molecule has 0 fully saturated rings. The van der Waals surface area contributed by atoms with E-state index in [4.69, 9.17) is 9.57 Å². The number of oxime groups is 1. The Kier molecular flexibility index (Phi) is 3.35. The summed E-state index contributed by atoms with van der Waals surface area (Å²) in [5.74, 6) is 0. The molecule has 1 unspecified atom stereocenters. The highest BCUT2D eigenvalue weighted by Crippen LogP contribution is 2.16. The van der Waals surface area contributed by atoms with Crippen molar-refractivity contribution in [2.75, 3.05) is 13.2 Å². The lowest BCUT2D eigenvalue weighted by molar-refractivity contribution is 0.00672. The van der Waals surface area contributed by atoms with E-state index in [2.05, 4.69) is 5.16 Å². The van der Waals surface area contributed by atoms with E-state index in [9.17, 15) is 0 Å². The summed E-state index contributed by atoms with van der Waals surface area (Å²) in [6, 6.07) is 10.1. The quantitative estimate of drug-likeness (QED) is 0.754. The van der Waals surface area contributed by atoms with Gasteiger partial charge in [-0.1, -0.05) is 35.5 Å². The highest BCUT2D eigenvalue weighted by molar-refractivity contribution is 6.01. The van der Waals surface area contributed by atoms with Crippen molar-refractivity contribution in [3.05, 3.63) is 35.9 Å². The van der Waals surface area contributed by atoms with E-state index >= 15 is 0 Å². The maximum atomic E-state index is 5.30. The van der Waals surface area contributed by atoms with E-state index in [-0.39, 0.29) is 6.10 Å². The van der Waals surface area contributed by atoms with Crippen LogP contribution in [0.25, 0.3) is 0 Å². The molecule has 0 saturated heterocycles. The predicted molar refractivity (Wildman–Crippen MR) is 59.0 cm³/mol. The Morgan fingerprint density at radius 2 is 2.20 bits per heavy atom. The van der Waals surface area contributed by atoms with Gasteiger partial charge in [-0.15, -0.1) is 0 Å². The Bertz CT molecular complexity index is 335. The first-order chi connectivity index (χ1) is 7.40. The van der Waals surface area contributed by atoms with Crippen molar-refractivity contribution >= 4 is 5.71 Å². The zero-order chi connectivity index (χ0) is 10.5. The molecule has 80 valence electrons. The van der Waals surface area contributed by atoms with Crippen molar-refractivity contribution in [2.24, 2.45) is 5.16 Å². The van der Waals surface area contributed by atoms with Gasteiger partial charge in [-0.2, -0.15) is 0 Å². The fraction of sp³-hybridized carbons (Fsp3) is 0.417. The molecule has 0 bridgehead atoms. The van der Waals surface area contributed by atoms with Crippen molar-refractivity contribution in [1.29, 1.82) is 0 Å². The zero-order valence-corrected chi connectivity index (χ0v) is 8.85. The van der Waals surface area contributed by atoms with Gasteiger partial charge in [0.05, 0.1) is 12.3 Å². The SMILES string of the molecule is CCOCC1CC(c2ccccc2)=NO1. The Morgan fingerprint density at radius 3 is 2.93 bits per heavy atom. The van der Waals surface area contributed by atoms with E-state index < -0.39 is 0 Å². The molecule has 3 nitrogen and oxygen atoms in total. The van der Waals surface area contributed by atoms with Crippen LogP contribution in [0.5, 0.6) is 0 Å². The van der Waals surface area contributed by atoms with E-state index in [1.54, 1.807) is 0 Å². The molecule has 0 amide bonds. The van der Waals surface area contributed by atoms with Gasteiger partial charge in [0.25, 0.3) is 0 Å². The highest BCUT2D eigenvalue weighted by atomic mass is 16.7. The summed E-state index contributed by atoms with van der Waals surface area (Å²) in [4.78, 5) is 5.29. The average Bonchev–Trinajstić information content (AvgIpc) is 2.76. The van der Waals surface area contributed by atoms with Crippen LogP contribution in [0.1, 0.15) is 18.9 Å². The summed E-state index contributed by atoms with van der Waals surface area (Å²) < 4.78 is 5.30. The summed E-state index contributed by atoms with van der Waals surface area (Å²) in [7, 11) is 0. The lowest BCUT2D eigenvalue weighted by Gasteiger charge is -2.06. The van der Waals surface area contributed by atoms with Crippen molar-refractivity contribution < 1.29 is 9.57 Å². The lowest BCUT2D eigenvalue weighted by Crippen LogP contribution is -2.16. The molecule has 1 aliphatic rings. The third-order valence-corrected chi connectivity index (χ3v) is 2.35. The molecule has 0 saturated carbocycles. The number of benzene rings is 1. The largest absolute Gasteiger partial charge is 0.389 e. The maximum Gasteiger partial charge on any atom is 0.156 e. The minimum Gasteiger partial charge on any atom is -0.389 e. The van der Waals surface area contributed by atoms with E-state index in [1.165, 1.54) is 0 Å². The number of hydrogen-bond acceptors (Lipinski definition) is 3. The first-order valence-corrected chi connectivity index (χ1v) is 5.26. The van der Waals surface area contributed by atoms with Gasteiger partial charge >= 0.3 is 0 Å². The van der Waals surface area contributed by atoms with Gasteiger partial charge in [-0.3, -0.25) is 0 Å². The van der Waals surface area contributed by atoms with Crippen LogP contribution < -0.4 is 0 Å². The molecule has 1 atom stereocenters. The molecule has 1 heterocycles. The maximum absolute atomic E-state index is 5.30. The van der Waals surface area contributed by atoms with Crippen LogP contribution >= 0.6 is 0 Å². The van der Waals surface area contributed by atoms with E-state index in [0.29, 0.717) is 6.61 Å².